The Hall–Kier alpha value is -3.26. The number of fused-ring (bicyclic) bond motifs is 1. The molecule has 0 radical (unpaired) electrons. The van der Waals surface area contributed by atoms with E-state index in [1.807, 2.05) is 6.07 Å². The summed E-state index contributed by atoms with van der Waals surface area (Å²) in [6.45, 7) is 7.43. The number of carbonyl (C=O) groups is 2. The molecule has 0 bridgehead atoms. The van der Waals surface area contributed by atoms with Gasteiger partial charge in [-0.2, -0.15) is 0 Å². The molecule has 1 aliphatic rings. The lowest BCUT2D eigenvalue weighted by Gasteiger charge is -2.35. The van der Waals surface area contributed by atoms with E-state index in [2.05, 4.69) is 40.7 Å². The lowest BCUT2D eigenvalue weighted by atomic mass is 9.98. The Bertz CT molecular complexity index is 1010. The molecule has 1 unspecified atom stereocenters. The molecule has 1 aliphatic heterocycles. The molecular formula is C23H28N4O4. The van der Waals surface area contributed by atoms with Gasteiger partial charge in [0.1, 0.15) is 0 Å². The summed E-state index contributed by atoms with van der Waals surface area (Å²) in [6, 6.07) is 11.4. The molecule has 3 rings (SSSR count). The summed E-state index contributed by atoms with van der Waals surface area (Å²) in [4.78, 5) is 37.8. The molecule has 8 nitrogen and oxygen atoms in total. The second kappa shape index (κ2) is 9.70. The molecule has 31 heavy (non-hydrogen) atoms. The van der Waals surface area contributed by atoms with Gasteiger partial charge in [-0.05, 0) is 43.4 Å². The minimum absolute atomic E-state index is 0.0993. The van der Waals surface area contributed by atoms with Crippen LogP contribution in [0.5, 0.6) is 0 Å². The zero-order valence-corrected chi connectivity index (χ0v) is 18.1. The average molecular weight is 425 g/mol. The van der Waals surface area contributed by atoms with Gasteiger partial charge in [-0.25, -0.2) is 0 Å². The predicted octanol–water partition coefficient (Wildman–Crippen LogP) is 3.10. The van der Waals surface area contributed by atoms with Gasteiger partial charge in [0.2, 0.25) is 0 Å². The molecule has 2 aromatic carbocycles. The highest BCUT2D eigenvalue weighted by Gasteiger charge is 2.25. The lowest BCUT2D eigenvalue weighted by Crippen LogP contribution is -2.47. The van der Waals surface area contributed by atoms with Crippen LogP contribution in [0.25, 0.3) is 0 Å². The molecule has 0 saturated carbocycles. The van der Waals surface area contributed by atoms with Gasteiger partial charge in [-0.1, -0.05) is 37.3 Å². The van der Waals surface area contributed by atoms with Gasteiger partial charge in [-0.15, -0.1) is 0 Å². The van der Waals surface area contributed by atoms with Gasteiger partial charge < -0.3 is 10.6 Å². The third-order valence-electron chi connectivity index (χ3n) is 5.93. The molecule has 8 heteroatoms. The Morgan fingerprint density at radius 2 is 1.84 bits per heavy atom. The van der Waals surface area contributed by atoms with Crippen LogP contribution in [0.2, 0.25) is 0 Å². The SMILES string of the molecule is CCC(CNC(=O)C(=O)Nc1c(C)ccc([N+](=O)[O-])c1C)N1CCc2ccccc2C1. The number of benzene rings is 2. The van der Waals surface area contributed by atoms with Crippen LogP contribution in [0.1, 0.15) is 35.6 Å². The molecule has 2 N–H and O–H groups in total. The normalized spacial score (nSPS) is 14.4. The van der Waals surface area contributed by atoms with E-state index in [4.69, 9.17) is 0 Å². The van der Waals surface area contributed by atoms with E-state index in [-0.39, 0.29) is 11.7 Å². The Labute approximate surface area is 181 Å². The summed E-state index contributed by atoms with van der Waals surface area (Å²) in [5, 5.41) is 16.4. The first kappa shape index (κ1) is 22.4. The smallest absolute Gasteiger partial charge is 0.313 e. The third-order valence-corrected chi connectivity index (χ3v) is 5.93. The van der Waals surface area contributed by atoms with E-state index in [1.54, 1.807) is 19.9 Å². The zero-order valence-electron chi connectivity index (χ0n) is 18.1. The van der Waals surface area contributed by atoms with Crippen molar-refractivity contribution in [3.63, 3.8) is 0 Å². The molecule has 2 amide bonds. The van der Waals surface area contributed by atoms with Crippen molar-refractivity contribution in [1.82, 2.24) is 10.2 Å². The van der Waals surface area contributed by atoms with Crippen molar-refractivity contribution in [2.24, 2.45) is 0 Å². The van der Waals surface area contributed by atoms with Crippen molar-refractivity contribution >= 4 is 23.2 Å². The van der Waals surface area contributed by atoms with E-state index >= 15 is 0 Å². The number of nitrogens with zero attached hydrogens (tertiary/aromatic N) is 2. The summed E-state index contributed by atoms with van der Waals surface area (Å²) in [5.41, 5.74) is 3.84. The van der Waals surface area contributed by atoms with Gasteiger partial charge in [0, 0.05) is 31.7 Å². The number of hydrogen-bond acceptors (Lipinski definition) is 5. The summed E-state index contributed by atoms with van der Waals surface area (Å²) in [7, 11) is 0. The molecule has 1 heterocycles. The van der Waals surface area contributed by atoms with E-state index in [0.29, 0.717) is 23.4 Å². The van der Waals surface area contributed by atoms with Crippen LogP contribution in [0.4, 0.5) is 11.4 Å². The molecule has 0 fully saturated rings. The third kappa shape index (κ3) is 5.08. The highest BCUT2D eigenvalue weighted by molar-refractivity contribution is 6.39. The van der Waals surface area contributed by atoms with Gasteiger partial charge >= 0.3 is 11.8 Å². The maximum absolute atomic E-state index is 12.4. The summed E-state index contributed by atoms with van der Waals surface area (Å²) < 4.78 is 0. The quantitative estimate of drug-likeness (QED) is 0.421. The topological polar surface area (TPSA) is 105 Å². The number of amides is 2. The van der Waals surface area contributed by atoms with Crippen LogP contribution in [0.3, 0.4) is 0 Å². The second-order valence-corrected chi connectivity index (χ2v) is 7.87. The number of carbonyl (C=O) groups excluding carboxylic acids is 2. The Morgan fingerprint density at radius 3 is 2.52 bits per heavy atom. The number of hydrogen-bond donors (Lipinski definition) is 2. The first-order valence-electron chi connectivity index (χ1n) is 10.5. The first-order valence-corrected chi connectivity index (χ1v) is 10.5. The minimum Gasteiger partial charge on any atom is -0.346 e. The van der Waals surface area contributed by atoms with Crippen molar-refractivity contribution in [3.05, 3.63) is 68.8 Å². The standard InChI is InChI=1S/C23H28N4O4/c1-4-19(26-12-11-17-7-5-6-8-18(17)14-26)13-24-22(28)23(29)25-21-15(2)9-10-20(16(21)3)27(30)31/h5-10,19H,4,11-14H2,1-3H3,(H,24,28)(H,25,29). The monoisotopic (exact) mass is 424 g/mol. The fourth-order valence-corrected chi connectivity index (χ4v) is 4.05. The van der Waals surface area contributed by atoms with Crippen LogP contribution < -0.4 is 10.6 Å². The van der Waals surface area contributed by atoms with Gasteiger partial charge in [0.15, 0.2) is 0 Å². The second-order valence-electron chi connectivity index (χ2n) is 7.87. The zero-order chi connectivity index (χ0) is 22.5. The number of nitro groups is 1. The maximum atomic E-state index is 12.4. The fraction of sp³-hybridized carbons (Fsp3) is 0.391. The van der Waals surface area contributed by atoms with Crippen molar-refractivity contribution in [2.75, 3.05) is 18.4 Å². The van der Waals surface area contributed by atoms with Crippen LogP contribution >= 0.6 is 0 Å². The summed E-state index contributed by atoms with van der Waals surface area (Å²) in [6.07, 6.45) is 1.81. The predicted molar refractivity (Wildman–Crippen MR) is 119 cm³/mol. The van der Waals surface area contributed by atoms with Gasteiger partial charge in [0.05, 0.1) is 16.2 Å². The number of nitro benzene ring substituents is 1. The minimum atomic E-state index is -0.828. The number of rotatable bonds is 6. The van der Waals surface area contributed by atoms with E-state index in [1.165, 1.54) is 17.2 Å². The van der Waals surface area contributed by atoms with Crippen LogP contribution in [0, 0.1) is 24.0 Å². The molecule has 0 aromatic heterocycles. The molecular weight excluding hydrogens is 396 g/mol. The number of aryl methyl sites for hydroxylation is 1. The van der Waals surface area contributed by atoms with E-state index in [0.717, 1.165) is 25.9 Å². The van der Waals surface area contributed by atoms with Crippen LogP contribution in [-0.4, -0.2) is 40.8 Å². The Balaban J connectivity index is 1.61. The lowest BCUT2D eigenvalue weighted by molar-refractivity contribution is -0.385. The Kier molecular flexibility index (Phi) is 7.02. The Morgan fingerprint density at radius 1 is 1.13 bits per heavy atom. The van der Waals surface area contributed by atoms with Crippen molar-refractivity contribution < 1.29 is 14.5 Å². The number of anilines is 1. The molecule has 1 atom stereocenters. The van der Waals surface area contributed by atoms with E-state index < -0.39 is 16.7 Å². The largest absolute Gasteiger partial charge is 0.346 e. The molecule has 2 aromatic rings. The van der Waals surface area contributed by atoms with Crippen molar-refractivity contribution in [3.8, 4) is 0 Å². The van der Waals surface area contributed by atoms with Gasteiger partial charge in [-0.3, -0.25) is 24.6 Å². The first-order chi connectivity index (χ1) is 14.8. The van der Waals surface area contributed by atoms with Gasteiger partial charge in [0.25, 0.3) is 5.69 Å². The van der Waals surface area contributed by atoms with Crippen LogP contribution in [0.15, 0.2) is 36.4 Å². The molecule has 0 spiro atoms. The van der Waals surface area contributed by atoms with E-state index in [9.17, 15) is 19.7 Å². The number of nitrogens with one attached hydrogen (secondary N) is 2. The van der Waals surface area contributed by atoms with Crippen molar-refractivity contribution in [2.45, 2.75) is 46.2 Å². The van der Waals surface area contributed by atoms with Crippen molar-refractivity contribution in [1.29, 1.82) is 0 Å². The molecule has 164 valence electrons. The highest BCUT2D eigenvalue weighted by atomic mass is 16.6. The molecule has 0 saturated heterocycles. The average Bonchev–Trinajstić information content (AvgIpc) is 2.76. The van der Waals surface area contributed by atoms with Crippen LogP contribution in [-0.2, 0) is 22.6 Å². The summed E-state index contributed by atoms with van der Waals surface area (Å²) in [5.74, 6) is -1.58. The highest BCUT2D eigenvalue weighted by Crippen LogP contribution is 2.28. The fourth-order valence-electron chi connectivity index (χ4n) is 4.05. The maximum Gasteiger partial charge on any atom is 0.313 e. The molecule has 0 aliphatic carbocycles. The summed E-state index contributed by atoms with van der Waals surface area (Å²) >= 11 is 0.